The van der Waals surface area contributed by atoms with Crippen LogP contribution in [0.5, 0.6) is 0 Å². The molecule has 4 rings (SSSR count). The highest BCUT2D eigenvalue weighted by molar-refractivity contribution is 5.98. The first-order valence-electron chi connectivity index (χ1n) is 11.1. The highest BCUT2D eigenvalue weighted by atomic mass is 16.4. The van der Waals surface area contributed by atoms with Crippen molar-refractivity contribution in [3.63, 3.8) is 0 Å². The number of nitrogens with one attached hydrogen (secondary N) is 1. The number of aromatic nitrogens is 1. The fourth-order valence-electron chi connectivity index (χ4n) is 3.93. The molecule has 6 heteroatoms. The van der Waals surface area contributed by atoms with Gasteiger partial charge in [0.1, 0.15) is 0 Å². The molecular weight excluding hydrogens is 438 g/mol. The summed E-state index contributed by atoms with van der Waals surface area (Å²) >= 11 is 0. The number of rotatable bonds is 9. The van der Waals surface area contributed by atoms with E-state index in [2.05, 4.69) is 9.98 Å². The Kier molecular flexibility index (Phi) is 7.33. The van der Waals surface area contributed by atoms with E-state index in [1.165, 1.54) is 0 Å². The summed E-state index contributed by atoms with van der Waals surface area (Å²) in [7, 11) is 0. The van der Waals surface area contributed by atoms with Crippen molar-refractivity contribution in [2.45, 2.75) is 13.0 Å². The van der Waals surface area contributed by atoms with E-state index in [-0.39, 0.29) is 0 Å². The molecule has 0 saturated heterocycles. The molecule has 0 aliphatic carbocycles. The van der Waals surface area contributed by atoms with Gasteiger partial charge in [0.25, 0.3) is 0 Å². The van der Waals surface area contributed by atoms with Crippen LogP contribution in [0.25, 0.3) is 22.7 Å². The van der Waals surface area contributed by atoms with Crippen molar-refractivity contribution in [3.05, 3.63) is 118 Å². The summed E-state index contributed by atoms with van der Waals surface area (Å²) in [5.41, 5.74) is 13.2. The van der Waals surface area contributed by atoms with Gasteiger partial charge in [-0.25, -0.2) is 4.79 Å². The number of aliphatic carboxylic acids is 1. The third-order valence-corrected chi connectivity index (χ3v) is 5.64. The number of carboxylic acids is 1. The summed E-state index contributed by atoms with van der Waals surface area (Å²) in [6.07, 6.45) is 9.47. The van der Waals surface area contributed by atoms with E-state index in [0.717, 1.165) is 51.1 Å². The number of hydrogen-bond donors (Lipinski definition) is 3. The first-order valence-corrected chi connectivity index (χ1v) is 11.1. The molecule has 1 heterocycles. The van der Waals surface area contributed by atoms with Gasteiger partial charge in [0.05, 0.1) is 6.54 Å². The third kappa shape index (κ3) is 6.00. The van der Waals surface area contributed by atoms with Gasteiger partial charge in [0, 0.05) is 40.7 Å². The lowest BCUT2D eigenvalue weighted by Crippen LogP contribution is -2.00. The van der Waals surface area contributed by atoms with Crippen LogP contribution in [0.4, 0.5) is 0 Å². The standard InChI is InChI=1S/C29H25N3O3/c30-27(12-13-31-18-22-5-1-3-20(15-22)7-10-29(34)35)24-6-2-4-21(17-24)16-23-8-9-28-25(11-14-32-28)26(23)19-33/h1-15,17,19,32H,16,18,30H2,(H,34,35)/b10-7+,27-12-,31-13?. The number of benzene rings is 3. The maximum atomic E-state index is 11.7. The number of aromatic amines is 1. The first kappa shape index (κ1) is 23.4. The van der Waals surface area contributed by atoms with E-state index in [9.17, 15) is 9.59 Å². The Morgan fingerprint density at radius 1 is 1.03 bits per heavy atom. The Bertz CT molecular complexity index is 1460. The van der Waals surface area contributed by atoms with Crippen LogP contribution < -0.4 is 5.73 Å². The van der Waals surface area contributed by atoms with Gasteiger partial charge in [0.2, 0.25) is 0 Å². The number of nitrogens with two attached hydrogens (primary N) is 1. The van der Waals surface area contributed by atoms with Crippen LogP contribution in [0.3, 0.4) is 0 Å². The molecule has 0 amide bonds. The summed E-state index contributed by atoms with van der Waals surface area (Å²) in [5.74, 6) is -0.982. The molecule has 0 aliphatic heterocycles. The molecule has 0 radical (unpaired) electrons. The molecule has 4 aromatic rings. The molecule has 0 unspecified atom stereocenters. The first-order chi connectivity index (χ1) is 17.0. The number of carbonyl (C=O) groups is 2. The van der Waals surface area contributed by atoms with Crippen LogP contribution in [0, 0.1) is 0 Å². The number of nitrogens with zero attached hydrogens (tertiary/aromatic N) is 1. The average Bonchev–Trinajstić information content (AvgIpc) is 3.34. The normalized spacial score (nSPS) is 12.1. The Morgan fingerprint density at radius 2 is 1.86 bits per heavy atom. The molecule has 0 bridgehead atoms. The van der Waals surface area contributed by atoms with Crippen molar-refractivity contribution in [2.24, 2.45) is 10.7 Å². The molecule has 4 N–H and O–H groups in total. The predicted molar refractivity (Wildman–Crippen MR) is 140 cm³/mol. The van der Waals surface area contributed by atoms with Crippen molar-refractivity contribution < 1.29 is 14.7 Å². The van der Waals surface area contributed by atoms with Crippen LogP contribution in [0.2, 0.25) is 0 Å². The quantitative estimate of drug-likeness (QED) is 0.179. The zero-order valence-electron chi connectivity index (χ0n) is 19.0. The van der Waals surface area contributed by atoms with Gasteiger partial charge in [-0.2, -0.15) is 0 Å². The average molecular weight is 464 g/mol. The Morgan fingerprint density at radius 3 is 2.69 bits per heavy atom. The Balaban J connectivity index is 1.44. The van der Waals surface area contributed by atoms with Crippen molar-refractivity contribution >= 4 is 41.1 Å². The van der Waals surface area contributed by atoms with Gasteiger partial charge in [-0.3, -0.25) is 9.79 Å². The maximum Gasteiger partial charge on any atom is 0.328 e. The molecule has 0 spiro atoms. The Labute approximate surface area is 203 Å². The number of carboxylic acid groups (broad SMARTS) is 1. The van der Waals surface area contributed by atoms with Crippen molar-refractivity contribution in [1.82, 2.24) is 4.98 Å². The summed E-state index contributed by atoms with van der Waals surface area (Å²) in [5, 5.41) is 9.69. The minimum absolute atomic E-state index is 0.453. The van der Waals surface area contributed by atoms with Gasteiger partial charge < -0.3 is 15.8 Å². The lowest BCUT2D eigenvalue weighted by Gasteiger charge is -2.09. The van der Waals surface area contributed by atoms with E-state index in [4.69, 9.17) is 10.8 Å². The Hall–Kier alpha value is -4.71. The third-order valence-electron chi connectivity index (χ3n) is 5.64. The summed E-state index contributed by atoms with van der Waals surface area (Å²) in [6.45, 7) is 0.453. The molecule has 174 valence electrons. The number of carbonyl (C=O) groups excluding carboxylic acids is 1. The zero-order valence-corrected chi connectivity index (χ0v) is 19.0. The summed E-state index contributed by atoms with van der Waals surface area (Å²) in [6, 6.07) is 21.4. The number of aliphatic imine (C=N–C) groups is 1. The van der Waals surface area contributed by atoms with E-state index >= 15 is 0 Å². The van der Waals surface area contributed by atoms with E-state index in [0.29, 0.717) is 24.2 Å². The van der Waals surface area contributed by atoms with Crippen LogP contribution in [-0.2, 0) is 17.8 Å². The minimum Gasteiger partial charge on any atom is -0.478 e. The van der Waals surface area contributed by atoms with Gasteiger partial charge in [-0.15, -0.1) is 0 Å². The van der Waals surface area contributed by atoms with Crippen molar-refractivity contribution in [1.29, 1.82) is 0 Å². The number of H-pyrrole nitrogens is 1. The molecular formula is C29H25N3O3. The molecule has 0 saturated carbocycles. The highest BCUT2D eigenvalue weighted by Gasteiger charge is 2.09. The van der Waals surface area contributed by atoms with E-state index in [1.54, 1.807) is 18.4 Å². The van der Waals surface area contributed by atoms with Gasteiger partial charge in [0.15, 0.2) is 6.29 Å². The van der Waals surface area contributed by atoms with Gasteiger partial charge in [-0.05, 0) is 70.7 Å². The smallest absolute Gasteiger partial charge is 0.328 e. The SMILES string of the molecule is N/C(=C\C=NCc1cccc(/C=C/C(=O)O)c1)c1cccc(Cc2ccc3[nH]ccc3c2C=O)c1. The molecule has 1 aromatic heterocycles. The molecule has 6 nitrogen and oxygen atoms in total. The largest absolute Gasteiger partial charge is 0.478 e. The van der Waals surface area contributed by atoms with Crippen LogP contribution in [0.15, 0.2) is 90.1 Å². The second-order valence-corrected chi connectivity index (χ2v) is 8.10. The summed E-state index contributed by atoms with van der Waals surface area (Å²) < 4.78 is 0. The van der Waals surface area contributed by atoms with Crippen molar-refractivity contribution in [2.75, 3.05) is 0 Å². The second kappa shape index (κ2) is 10.9. The maximum absolute atomic E-state index is 11.7. The summed E-state index contributed by atoms with van der Waals surface area (Å²) in [4.78, 5) is 30.0. The lowest BCUT2D eigenvalue weighted by atomic mass is 9.96. The molecule has 0 aliphatic rings. The number of hydrogen-bond acceptors (Lipinski definition) is 4. The molecule has 0 fully saturated rings. The fourth-order valence-corrected chi connectivity index (χ4v) is 3.93. The zero-order chi connectivity index (χ0) is 24.6. The molecule has 0 atom stereocenters. The van der Waals surface area contributed by atoms with Crippen molar-refractivity contribution in [3.8, 4) is 0 Å². The monoisotopic (exact) mass is 463 g/mol. The predicted octanol–water partition coefficient (Wildman–Crippen LogP) is 5.24. The molecule has 35 heavy (non-hydrogen) atoms. The topological polar surface area (TPSA) is 109 Å². The molecule has 3 aromatic carbocycles. The highest BCUT2D eigenvalue weighted by Crippen LogP contribution is 2.23. The number of aldehydes is 1. The van der Waals surface area contributed by atoms with E-state index < -0.39 is 5.97 Å². The fraction of sp³-hybridized carbons (Fsp3) is 0.0690. The van der Waals surface area contributed by atoms with Crippen LogP contribution in [-0.4, -0.2) is 28.6 Å². The van der Waals surface area contributed by atoms with Gasteiger partial charge in [-0.1, -0.05) is 42.5 Å². The number of fused-ring (bicyclic) bond motifs is 1. The number of allylic oxidation sites excluding steroid dienone is 1. The lowest BCUT2D eigenvalue weighted by molar-refractivity contribution is -0.131. The van der Waals surface area contributed by atoms with Crippen LogP contribution in [0.1, 0.15) is 38.2 Å². The van der Waals surface area contributed by atoms with E-state index in [1.807, 2.05) is 72.9 Å². The second-order valence-electron chi connectivity index (χ2n) is 8.10. The van der Waals surface area contributed by atoms with Gasteiger partial charge >= 0.3 is 5.97 Å². The minimum atomic E-state index is -0.982. The van der Waals surface area contributed by atoms with Crippen LogP contribution >= 0.6 is 0 Å².